The Morgan fingerprint density at radius 2 is 2.57 bits per heavy atom. The molecule has 0 spiro atoms. The summed E-state index contributed by atoms with van der Waals surface area (Å²) in [5.41, 5.74) is 6.27. The minimum absolute atomic E-state index is 0.145. The Morgan fingerprint density at radius 3 is 2.71 bits per heavy atom. The maximum Gasteiger partial charge on any atom is 0.248 e. The first-order chi connectivity index (χ1) is 3.31. The third-order valence-corrected chi connectivity index (χ3v) is 0.413. The van der Waals surface area contributed by atoms with Crippen molar-refractivity contribution in [1.82, 2.24) is 5.48 Å². The van der Waals surface area contributed by atoms with Crippen molar-refractivity contribution in [1.29, 1.82) is 0 Å². The first-order valence-corrected chi connectivity index (χ1v) is 1.78. The molecular formula is C3H7N2O2. The van der Waals surface area contributed by atoms with E-state index < -0.39 is 5.91 Å². The van der Waals surface area contributed by atoms with Crippen LogP contribution in [0.3, 0.4) is 0 Å². The molecule has 1 amide bonds. The summed E-state index contributed by atoms with van der Waals surface area (Å²) in [6, 6.07) is 0. The Balaban J connectivity index is 3.00. The van der Waals surface area contributed by atoms with Gasteiger partial charge in [0.05, 0.1) is 6.42 Å². The number of hydroxylamine groups is 1. The van der Waals surface area contributed by atoms with Gasteiger partial charge in [-0.2, -0.15) is 0 Å². The first-order valence-electron chi connectivity index (χ1n) is 1.78. The van der Waals surface area contributed by atoms with Crippen LogP contribution in [-0.4, -0.2) is 17.7 Å². The Labute approximate surface area is 41.3 Å². The van der Waals surface area contributed by atoms with Crippen LogP contribution in [0.2, 0.25) is 0 Å². The molecular weight excluding hydrogens is 96.0 g/mol. The molecule has 0 saturated heterocycles. The van der Waals surface area contributed by atoms with Crippen LogP contribution in [0.25, 0.3) is 0 Å². The lowest BCUT2D eigenvalue weighted by molar-refractivity contribution is -0.125. The molecule has 7 heavy (non-hydrogen) atoms. The van der Waals surface area contributed by atoms with Crippen LogP contribution in [0.15, 0.2) is 0 Å². The maximum absolute atomic E-state index is 9.92. The minimum atomic E-state index is -0.567. The number of hydrogen-bond donors (Lipinski definition) is 3. The van der Waals surface area contributed by atoms with Gasteiger partial charge in [-0.05, 0) is 0 Å². The molecule has 4 N–H and O–H groups in total. The molecule has 0 aliphatic heterocycles. The third kappa shape index (κ3) is 3.21. The van der Waals surface area contributed by atoms with Gasteiger partial charge in [0.2, 0.25) is 5.91 Å². The van der Waals surface area contributed by atoms with Gasteiger partial charge in [0, 0.05) is 6.54 Å². The molecule has 0 heterocycles. The number of nitrogens with one attached hydrogen (secondary N) is 1. The highest BCUT2D eigenvalue weighted by molar-refractivity contribution is 5.83. The van der Waals surface area contributed by atoms with E-state index >= 15 is 0 Å². The second kappa shape index (κ2) is 3.58. The lowest BCUT2D eigenvalue weighted by atomic mass is 10.4. The van der Waals surface area contributed by atoms with Gasteiger partial charge in [0.15, 0.2) is 0 Å². The van der Waals surface area contributed by atoms with Gasteiger partial charge in [0.25, 0.3) is 0 Å². The fraction of sp³-hybridized carbons (Fsp3) is 0.333. The Kier molecular flexibility index (Phi) is 3.26. The van der Waals surface area contributed by atoms with Crippen molar-refractivity contribution in [3.8, 4) is 0 Å². The van der Waals surface area contributed by atoms with Gasteiger partial charge in [-0.25, -0.2) is 5.48 Å². The van der Waals surface area contributed by atoms with Crippen molar-refractivity contribution in [2.75, 3.05) is 6.54 Å². The predicted molar refractivity (Wildman–Crippen MR) is 23.3 cm³/mol. The van der Waals surface area contributed by atoms with E-state index in [2.05, 4.69) is 0 Å². The molecule has 4 nitrogen and oxygen atoms in total. The highest BCUT2D eigenvalue weighted by atomic mass is 16.5. The zero-order chi connectivity index (χ0) is 5.70. The van der Waals surface area contributed by atoms with E-state index in [4.69, 9.17) is 10.9 Å². The normalized spacial score (nSPS) is 8.29. The highest BCUT2D eigenvalue weighted by Crippen LogP contribution is 1.66. The van der Waals surface area contributed by atoms with Crippen molar-refractivity contribution in [3.05, 3.63) is 6.42 Å². The van der Waals surface area contributed by atoms with E-state index in [0.29, 0.717) is 0 Å². The molecule has 0 bridgehead atoms. The number of carbonyl (C=O) groups is 1. The molecule has 4 heteroatoms. The van der Waals surface area contributed by atoms with Crippen LogP contribution in [0.4, 0.5) is 0 Å². The predicted octanol–water partition coefficient (Wildman–Crippen LogP) is -1.35. The van der Waals surface area contributed by atoms with Crippen LogP contribution >= 0.6 is 0 Å². The third-order valence-electron chi connectivity index (χ3n) is 0.413. The molecule has 0 aromatic heterocycles. The smallest absolute Gasteiger partial charge is 0.248 e. The fourth-order valence-electron chi connectivity index (χ4n) is 0.153. The number of nitrogens with two attached hydrogens (primary N) is 1. The number of carbonyl (C=O) groups excluding carboxylic acids is 1. The Morgan fingerprint density at radius 1 is 2.00 bits per heavy atom. The molecule has 0 unspecified atom stereocenters. The summed E-state index contributed by atoms with van der Waals surface area (Å²) in [7, 11) is 0. The zero-order valence-electron chi connectivity index (χ0n) is 3.72. The summed E-state index contributed by atoms with van der Waals surface area (Å²) >= 11 is 0. The van der Waals surface area contributed by atoms with E-state index in [1.54, 1.807) is 0 Å². The summed E-state index contributed by atoms with van der Waals surface area (Å²) in [6.45, 7) is 0.145. The minimum Gasteiger partial charge on any atom is -0.330 e. The van der Waals surface area contributed by atoms with Crippen molar-refractivity contribution < 1.29 is 10.0 Å². The lowest BCUT2D eigenvalue weighted by Gasteiger charge is -1.89. The monoisotopic (exact) mass is 103 g/mol. The van der Waals surface area contributed by atoms with Gasteiger partial charge in [-0.3, -0.25) is 10.0 Å². The highest BCUT2D eigenvalue weighted by Gasteiger charge is 1.92. The molecule has 0 atom stereocenters. The largest absolute Gasteiger partial charge is 0.330 e. The van der Waals surface area contributed by atoms with E-state index in [-0.39, 0.29) is 6.54 Å². The van der Waals surface area contributed by atoms with Crippen LogP contribution < -0.4 is 11.2 Å². The first kappa shape index (κ1) is 6.39. The standard InChI is InChI=1S/C3H7N2O2/c4-2-1-3(6)5-7/h1,7H,2,4H2,(H,5,6). The van der Waals surface area contributed by atoms with Crippen molar-refractivity contribution in [3.63, 3.8) is 0 Å². The molecule has 0 aromatic carbocycles. The summed E-state index contributed by atoms with van der Waals surface area (Å²) < 4.78 is 0. The van der Waals surface area contributed by atoms with Crippen LogP contribution in [0, 0.1) is 6.42 Å². The van der Waals surface area contributed by atoms with E-state index in [1.165, 1.54) is 5.48 Å². The van der Waals surface area contributed by atoms with Crippen molar-refractivity contribution >= 4 is 5.91 Å². The molecule has 0 aromatic rings. The number of hydrogen-bond acceptors (Lipinski definition) is 3. The number of rotatable bonds is 2. The molecule has 0 aliphatic carbocycles. The number of amides is 1. The molecule has 0 rings (SSSR count). The molecule has 0 saturated carbocycles. The van der Waals surface area contributed by atoms with E-state index in [9.17, 15) is 4.79 Å². The van der Waals surface area contributed by atoms with Crippen LogP contribution in [0.5, 0.6) is 0 Å². The zero-order valence-corrected chi connectivity index (χ0v) is 3.72. The molecule has 0 aliphatic rings. The summed E-state index contributed by atoms with van der Waals surface area (Å²) in [6.07, 6.45) is 1.12. The Bertz CT molecular complexity index is 64.0. The molecule has 0 fully saturated rings. The van der Waals surface area contributed by atoms with Gasteiger partial charge in [-0.1, -0.05) is 0 Å². The SMILES string of the molecule is NC[CH]C(=O)NO. The Hall–Kier alpha value is -0.610. The van der Waals surface area contributed by atoms with E-state index in [0.717, 1.165) is 6.42 Å². The topological polar surface area (TPSA) is 75.4 Å². The van der Waals surface area contributed by atoms with Gasteiger partial charge >= 0.3 is 0 Å². The van der Waals surface area contributed by atoms with E-state index in [1.807, 2.05) is 0 Å². The fourth-order valence-corrected chi connectivity index (χ4v) is 0.153. The average Bonchev–Trinajstić information content (AvgIpc) is 1.68. The van der Waals surface area contributed by atoms with Gasteiger partial charge < -0.3 is 5.73 Å². The molecule has 41 valence electrons. The van der Waals surface area contributed by atoms with Crippen LogP contribution in [-0.2, 0) is 4.79 Å². The van der Waals surface area contributed by atoms with Crippen molar-refractivity contribution in [2.24, 2.45) is 5.73 Å². The quantitative estimate of drug-likeness (QED) is 0.299. The van der Waals surface area contributed by atoms with Crippen molar-refractivity contribution in [2.45, 2.75) is 0 Å². The second-order valence-corrected chi connectivity index (χ2v) is 0.916. The lowest BCUT2D eigenvalue weighted by Crippen LogP contribution is -2.22. The van der Waals surface area contributed by atoms with Gasteiger partial charge in [0.1, 0.15) is 0 Å². The average molecular weight is 103 g/mol. The summed E-state index contributed by atoms with van der Waals surface area (Å²) in [5.74, 6) is -0.567. The van der Waals surface area contributed by atoms with Crippen LogP contribution in [0.1, 0.15) is 0 Å². The second-order valence-electron chi connectivity index (χ2n) is 0.916. The van der Waals surface area contributed by atoms with Gasteiger partial charge in [-0.15, -0.1) is 0 Å². The molecule has 1 radical (unpaired) electrons. The maximum atomic E-state index is 9.92. The summed E-state index contributed by atoms with van der Waals surface area (Å²) in [5, 5.41) is 7.78. The summed E-state index contributed by atoms with van der Waals surface area (Å²) in [4.78, 5) is 9.92.